The topological polar surface area (TPSA) is 51.0 Å². The molecule has 0 amide bonds. The fraction of sp³-hybridized carbons (Fsp3) is 0. The van der Waals surface area contributed by atoms with Crippen molar-refractivity contribution < 1.29 is 4.42 Å². The first-order valence-corrected chi connectivity index (χ1v) is 7.32. The third kappa shape index (κ3) is 2.17. The molecule has 0 aliphatic rings. The first kappa shape index (κ1) is 13.4. The molecule has 2 aromatic heterocycles. The van der Waals surface area contributed by atoms with E-state index in [1.807, 2.05) is 30.3 Å². The van der Waals surface area contributed by atoms with Crippen molar-refractivity contribution in [1.82, 2.24) is 9.97 Å². The number of hydrogen-bond acceptors (Lipinski definition) is 4. The summed E-state index contributed by atoms with van der Waals surface area (Å²) in [5.74, 6) is 0.583. The Labute approximate surface area is 135 Å². The number of aromatic nitrogens is 2. The van der Waals surface area contributed by atoms with Gasteiger partial charge in [-0.05, 0) is 30.3 Å². The third-order valence-corrected chi connectivity index (χ3v) is 4.08. The van der Waals surface area contributed by atoms with Crippen molar-refractivity contribution in [3.05, 3.63) is 58.8 Å². The van der Waals surface area contributed by atoms with E-state index in [0.717, 1.165) is 22.2 Å². The van der Waals surface area contributed by atoms with Crippen molar-refractivity contribution in [2.75, 3.05) is 5.32 Å². The number of benzene rings is 2. The average Bonchev–Trinajstić information content (AvgIpc) is 2.91. The second-order valence-corrected chi connectivity index (χ2v) is 5.57. The molecular weight excluding hydrogens is 321 g/mol. The Morgan fingerprint density at radius 2 is 1.82 bits per heavy atom. The molecule has 0 aliphatic heterocycles. The Bertz CT molecular complexity index is 997. The maximum atomic E-state index is 6.03. The maximum absolute atomic E-state index is 6.03. The minimum atomic E-state index is 0.474. The van der Waals surface area contributed by atoms with Gasteiger partial charge in [0.1, 0.15) is 17.4 Å². The van der Waals surface area contributed by atoms with Crippen LogP contribution in [0.1, 0.15) is 0 Å². The Kier molecular flexibility index (Phi) is 3.13. The summed E-state index contributed by atoms with van der Waals surface area (Å²) in [4.78, 5) is 8.57. The lowest BCUT2D eigenvalue weighted by Gasteiger charge is -2.06. The first-order chi connectivity index (χ1) is 10.7. The number of hydrogen-bond donors (Lipinski definition) is 1. The highest BCUT2D eigenvalue weighted by Gasteiger charge is 2.13. The van der Waals surface area contributed by atoms with Crippen LogP contribution in [0.15, 0.2) is 53.2 Å². The van der Waals surface area contributed by atoms with Crippen LogP contribution >= 0.6 is 23.2 Å². The van der Waals surface area contributed by atoms with Gasteiger partial charge in [0.05, 0.1) is 10.0 Å². The molecular formula is C16H9Cl2N3O. The monoisotopic (exact) mass is 329 g/mol. The van der Waals surface area contributed by atoms with Gasteiger partial charge in [0.15, 0.2) is 11.4 Å². The van der Waals surface area contributed by atoms with Gasteiger partial charge in [-0.1, -0.05) is 35.3 Å². The minimum Gasteiger partial charge on any atom is -0.450 e. The van der Waals surface area contributed by atoms with Gasteiger partial charge in [-0.2, -0.15) is 0 Å². The number of para-hydroxylation sites is 1. The standard InChI is InChI=1S/C16H9Cl2N3O/c17-11-6-5-9(7-12(11)18)21-16-15-14(19-8-20-16)10-3-1-2-4-13(10)22-15/h1-8H,(H,19,20,21). The smallest absolute Gasteiger partial charge is 0.196 e. The van der Waals surface area contributed by atoms with Crippen LogP contribution in [0, 0.1) is 0 Å². The molecule has 2 heterocycles. The summed E-state index contributed by atoms with van der Waals surface area (Å²) in [5, 5.41) is 5.12. The Morgan fingerprint density at radius 1 is 0.955 bits per heavy atom. The predicted octanol–water partition coefficient (Wildman–Crippen LogP) is 5.43. The number of nitrogens with one attached hydrogen (secondary N) is 1. The number of rotatable bonds is 2. The molecule has 0 bridgehead atoms. The van der Waals surface area contributed by atoms with E-state index in [2.05, 4.69) is 15.3 Å². The molecule has 6 heteroatoms. The van der Waals surface area contributed by atoms with E-state index in [0.29, 0.717) is 21.4 Å². The Hall–Kier alpha value is -2.30. The van der Waals surface area contributed by atoms with E-state index in [-0.39, 0.29) is 0 Å². The first-order valence-electron chi connectivity index (χ1n) is 6.57. The molecule has 4 nitrogen and oxygen atoms in total. The van der Waals surface area contributed by atoms with Gasteiger partial charge >= 0.3 is 0 Å². The van der Waals surface area contributed by atoms with Crippen molar-refractivity contribution in [2.24, 2.45) is 0 Å². The zero-order valence-corrected chi connectivity index (χ0v) is 12.7. The summed E-state index contributed by atoms with van der Waals surface area (Å²) in [6.07, 6.45) is 1.50. The molecule has 0 atom stereocenters. The second kappa shape index (κ2) is 5.16. The fourth-order valence-corrected chi connectivity index (χ4v) is 2.62. The van der Waals surface area contributed by atoms with Gasteiger partial charge in [0.2, 0.25) is 0 Å². The van der Waals surface area contributed by atoms with Crippen molar-refractivity contribution in [3.8, 4) is 0 Å². The van der Waals surface area contributed by atoms with Gasteiger partial charge in [-0.15, -0.1) is 0 Å². The average molecular weight is 330 g/mol. The van der Waals surface area contributed by atoms with E-state index in [1.165, 1.54) is 6.33 Å². The zero-order valence-electron chi connectivity index (χ0n) is 11.2. The van der Waals surface area contributed by atoms with Crippen molar-refractivity contribution in [2.45, 2.75) is 0 Å². The number of nitrogens with zero attached hydrogens (tertiary/aromatic N) is 2. The minimum absolute atomic E-state index is 0.474. The van der Waals surface area contributed by atoms with E-state index in [1.54, 1.807) is 12.1 Å². The van der Waals surface area contributed by atoms with Crippen LogP contribution in [-0.2, 0) is 0 Å². The molecule has 2 aromatic carbocycles. The molecule has 0 spiro atoms. The quantitative estimate of drug-likeness (QED) is 0.533. The van der Waals surface area contributed by atoms with E-state index >= 15 is 0 Å². The predicted molar refractivity (Wildman–Crippen MR) is 89.1 cm³/mol. The van der Waals surface area contributed by atoms with Crippen LogP contribution in [0.4, 0.5) is 11.5 Å². The molecule has 4 aromatic rings. The highest BCUT2D eigenvalue weighted by atomic mass is 35.5. The van der Waals surface area contributed by atoms with Crippen LogP contribution in [0.5, 0.6) is 0 Å². The summed E-state index contributed by atoms with van der Waals surface area (Å²) < 4.78 is 5.86. The number of halogens is 2. The van der Waals surface area contributed by atoms with E-state index in [9.17, 15) is 0 Å². The van der Waals surface area contributed by atoms with Crippen molar-refractivity contribution in [1.29, 1.82) is 0 Å². The molecule has 0 radical (unpaired) electrons. The van der Waals surface area contributed by atoms with Gasteiger partial charge in [-0.25, -0.2) is 9.97 Å². The highest BCUT2D eigenvalue weighted by molar-refractivity contribution is 6.42. The van der Waals surface area contributed by atoms with Crippen LogP contribution < -0.4 is 5.32 Å². The number of anilines is 2. The SMILES string of the molecule is Clc1ccc(Nc2ncnc3c2oc2ccccc23)cc1Cl. The van der Waals surface area contributed by atoms with Crippen LogP contribution in [0.25, 0.3) is 22.1 Å². The molecule has 4 rings (SSSR count). The fourth-order valence-electron chi connectivity index (χ4n) is 2.32. The summed E-state index contributed by atoms with van der Waals surface area (Å²) >= 11 is 12.0. The Morgan fingerprint density at radius 3 is 2.68 bits per heavy atom. The lowest BCUT2D eigenvalue weighted by molar-refractivity contribution is 0.667. The summed E-state index contributed by atoms with van der Waals surface area (Å²) in [7, 11) is 0. The molecule has 108 valence electrons. The normalized spacial score (nSPS) is 11.2. The molecule has 0 saturated carbocycles. The van der Waals surface area contributed by atoms with Crippen molar-refractivity contribution >= 4 is 56.8 Å². The molecule has 0 fully saturated rings. The van der Waals surface area contributed by atoms with Gasteiger partial charge in [0.25, 0.3) is 0 Å². The molecule has 0 saturated heterocycles. The lowest BCUT2D eigenvalue weighted by atomic mass is 10.2. The van der Waals surface area contributed by atoms with Gasteiger partial charge < -0.3 is 9.73 Å². The number of furan rings is 1. The summed E-state index contributed by atoms with van der Waals surface area (Å²) in [5.41, 5.74) is 2.92. The van der Waals surface area contributed by atoms with Crippen LogP contribution in [-0.4, -0.2) is 9.97 Å². The summed E-state index contributed by atoms with van der Waals surface area (Å²) in [6, 6.07) is 13.0. The second-order valence-electron chi connectivity index (χ2n) is 4.75. The molecule has 1 N–H and O–H groups in total. The Balaban J connectivity index is 1.86. The molecule has 0 unspecified atom stereocenters. The molecule has 22 heavy (non-hydrogen) atoms. The van der Waals surface area contributed by atoms with Gasteiger partial charge in [0, 0.05) is 11.1 Å². The number of fused-ring (bicyclic) bond motifs is 3. The van der Waals surface area contributed by atoms with Crippen LogP contribution in [0.2, 0.25) is 10.0 Å². The van der Waals surface area contributed by atoms with Gasteiger partial charge in [-0.3, -0.25) is 0 Å². The third-order valence-electron chi connectivity index (χ3n) is 3.34. The van der Waals surface area contributed by atoms with Crippen molar-refractivity contribution in [3.63, 3.8) is 0 Å². The highest BCUT2D eigenvalue weighted by Crippen LogP contribution is 2.32. The largest absolute Gasteiger partial charge is 0.450 e. The van der Waals surface area contributed by atoms with E-state index in [4.69, 9.17) is 27.6 Å². The summed E-state index contributed by atoms with van der Waals surface area (Å²) in [6.45, 7) is 0. The zero-order chi connectivity index (χ0) is 15.1. The lowest BCUT2D eigenvalue weighted by Crippen LogP contribution is -1.94. The van der Waals surface area contributed by atoms with E-state index < -0.39 is 0 Å². The maximum Gasteiger partial charge on any atom is 0.196 e. The van der Waals surface area contributed by atoms with Crippen LogP contribution in [0.3, 0.4) is 0 Å². The molecule has 0 aliphatic carbocycles.